The predicted octanol–water partition coefficient (Wildman–Crippen LogP) is 5.18. The molecule has 1 fully saturated rings. The third kappa shape index (κ3) is 3.30. The van der Waals surface area contributed by atoms with Gasteiger partial charge in [0.15, 0.2) is 5.13 Å². The molecule has 1 atom stereocenters. The first-order valence-electron chi connectivity index (χ1n) is 9.05. The van der Waals surface area contributed by atoms with Crippen molar-refractivity contribution in [2.45, 2.75) is 19.9 Å². The molecule has 3 aromatic rings. The number of thiazole rings is 1. The SMILES string of the molecule is Cc1nc(N2C(=O)C(=O)/C(=C(/O)c3ccc(Cl)cc3)C2c2ccccc2F)sc1C. The molecule has 1 aliphatic heterocycles. The van der Waals surface area contributed by atoms with Crippen LogP contribution in [0.5, 0.6) is 0 Å². The second kappa shape index (κ2) is 7.66. The summed E-state index contributed by atoms with van der Waals surface area (Å²) in [7, 11) is 0. The fourth-order valence-electron chi connectivity index (χ4n) is 3.34. The minimum Gasteiger partial charge on any atom is -0.507 e. The summed E-state index contributed by atoms with van der Waals surface area (Å²) in [5.41, 5.74) is 0.905. The lowest BCUT2D eigenvalue weighted by Gasteiger charge is -2.23. The van der Waals surface area contributed by atoms with Gasteiger partial charge in [0, 0.05) is 21.0 Å². The van der Waals surface area contributed by atoms with Gasteiger partial charge in [0.2, 0.25) is 0 Å². The Morgan fingerprint density at radius 3 is 2.40 bits per heavy atom. The molecule has 1 N–H and O–H groups in total. The predicted molar refractivity (Wildman–Crippen MR) is 114 cm³/mol. The number of aromatic nitrogens is 1. The van der Waals surface area contributed by atoms with E-state index in [9.17, 15) is 19.1 Å². The normalized spacial score (nSPS) is 18.3. The van der Waals surface area contributed by atoms with Crippen molar-refractivity contribution in [1.82, 2.24) is 4.98 Å². The zero-order valence-corrected chi connectivity index (χ0v) is 17.6. The Hall–Kier alpha value is -3.03. The lowest BCUT2D eigenvalue weighted by molar-refractivity contribution is -0.132. The Kier molecular flexibility index (Phi) is 5.17. The molecule has 0 radical (unpaired) electrons. The zero-order chi connectivity index (χ0) is 21.6. The fraction of sp³-hybridized carbons (Fsp3) is 0.136. The number of aryl methyl sites for hydroxylation is 2. The van der Waals surface area contributed by atoms with Gasteiger partial charge in [0.25, 0.3) is 5.78 Å². The molecule has 0 bridgehead atoms. The summed E-state index contributed by atoms with van der Waals surface area (Å²) in [6.07, 6.45) is 0. The number of carbonyl (C=O) groups is 2. The highest BCUT2D eigenvalue weighted by molar-refractivity contribution is 7.16. The summed E-state index contributed by atoms with van der Waals surface area (Å²) in [4.78, 5) is 32.4. The van der Waals surface area contributed by atoms with Crippen molar-refractivity contribution >= 4 is 45.5 Å². The van der Waals surface area contributed by atoms with Crippen molar-refractivity contribution in [3.05, 3.63) is 86.6 Å². The van der Waals surface area contributed by atoms with E-state index >= 15 is 0 Å². The van der Waals surface area contributed by atoms with Gasteiger partial charge in [-0.05, 0) is 44.2 Å². The fourth-order valence-corrected chi connectivity index (χ4v) is 4.41. The minimum atomic E-state index is -1.15. The number of ketones is 1. The van der Waals surface area contributed by atoms with E-state index in [0.29, 0.717) is 16.3 Å². The van der Waals surface area contributed by atoms with Crippen LogP contribution >= 0.6 is 22.9 Å². The summed E-state index contributed by atoms with van der Waals surface area (Å²) in [5, 5.41) is 11.7. The van der Waals surface area contributed by atoms with Gasteiger partial charge < -0.3 is 5.11 Å². The van der Waals surface area contributed by atoms with E-state index in [2.05, 4.69) is 4.98 Å². The van der Waals surface area contributed by atoms with Crippen molar-refractivity contribution in [2.24, 2.45) is 0 Å². The van der Waals surface area contributed by atoms with E-state index in [1.165, 1.54) is 41.7 Å². The maximum absolute atomic E-state index is 14.8. The first-order valence-corrected chi connectivity index (χ1v) is 10.2. The second-order valence-electron chi connectivity index (χ2n) is 6.84. The van der Waals surface area contributed by atoms with E-state index < -0.39 is 29.3 Å². The minimum absolute atomic E-state index is 0.0951. The Morgan fingerprint density at radius 2 is 1.80 bits per heavy atom. The highest BCUT2D eigenvalue weighted by atomic mass is 35.5. The van der Waals surface area contributed by atoms with E-state index in [1.807, 2.05) is 6.92 Å². The average molecular weight is 443 g/mol. The van der Waals surface area contributed by atoms with Crippen molar-refractivity contribution in [1.29, 1.82) is 0 Å². The summed E-state index contributed by atoms with van der Waals surface area (Å²) in [6.45, 7) is 3.64. The number of nitrogens with zero attached hydrogens (tertiary/aromatic N) is 2. The molecule has 2 heterocycles. The van der Waals surface area contributed by atoms with Gasteiger partial charge in [-0.3, -0.25) is 14.5 Å². The Balaban J connectivity index is 1.97. The van der Waals surface area contributed by atoms with Gasteiger partial charge in [0.05, 0.1) is 11.3 Å². The van der Waals surface area contributed by atoms with Crippen LogP contribution in [0, 0.1) is 19.7 Å². The molecule has 152 valence electrons. The molecule has 0 aliphatic carbocycles. The monoisotopic (exact) mass is 442 g/mol. The number of hydrogen-bond acceptors (Lipinski definition) is 5. The number of Topliss-reactive ketones (excluding diaryl/α,β-unsaturated/α-hetero) is 1. The molecule has 1 unspecified atom stereocenters. The molecular weight excluding hydrogens is 427 g/mol. The standard InChI is InChI=1S/C22H16ClFN2O3S/c1-11-12(2)30-22(25-11)26-18(15-5-3-4-6-16(15)24)17(20(28)21(26)29)19(27)13-7-9-14(23)10-8-13/h3-10,18,27H,1-2H3/b19-17+. The third-order valence-corrected chi connectivity index (χ3v) is 6.31. The second-order valence-corrected chi connectivity index (χ2v) is 8.45. The number of aliphatic hydroxyl groups excluding tert-OH is 1. The number of anilines is 1. The first kappa shape index (κ1) is 20.3. The maximum atomic E-state index is 14.8. The van der Waals surface area contributed by atoms with Gasteiger partial charge in [-0.2, -0.15) is 0 Å². The molecular formula is C22H16ClFN2O3S. The van der Waals surface area contributed by atoms with Crippen LogP contribution in [0.15, 0.2) is 54.1 Å². The van der Waals surface area contributed by atoms with E-state index in [1.54, 1.807) is 25.1 Å². The van der Waals surface area contributed by atoms with Crippen LogP contribution in [0.1, 0.15) is 27.7 Å². The molecule has 0 saturated carbocycles. The summed E-state index contributed by atoms with van der Waals surface area (Å²) in [5.74, 6) is -2.76. The lowest BCUT2D eigenvalue weighted by Crippen LogP contribution is -2.29. The van der Waals surface area contributed by atoms with Crippen molar-refractivity contribution < 1.29 is 19.1 Å². The average Bonchev–Trinajstić information content (AvgIpc) is 3.18. The van der Waals surface area contributed by atoms with Crippen LogP contribution < -0.4 is 4.90 Å². The van der Waals surface area contributed by atoms with Gasteiger partial charge in [-0.1, -0.05) is 29.8 Å². The molecule has 0 spiro atoms. The molecule has 1 amide bonds. The highest BCUT2D eigenvalue weighted by Crippen LogP contribution is 2.44. The Bertz CT molecular complexity index is 1180. The topological polar surface area (TPSA) is 70.5 Å². The number of halogens is 2. The molecule has 5 nitrogen and oxygen atoms in total. The highest BCUT2D eigenvalue weighted by Gasteiger charge is 2.49. The van der Waals surface area contributed by atoms with Crippen molar-refractivity contribution in [3.8, 4) is 0 Å². The van der Waals surface area contributed by atoms with Gasteiger partial charge in [-0.25, -0.2) is 9.37 Å². The smallest absolute Gasteiger partial charge is 0.301 e. The Morgan fingerprint density at radius 1 is 1.13 bits per heavy atom. The van der Waals surface area contributed by atoms with Crippen LogP contribution in [-0.2, 0) is 9.59 Å². The van der Waals surface area contributed by atoms with Crippen LogP contribution in [0.25, 0.3) is 5.76 Å². The number of amides is 1. The van der Waals surface area contributed by atoms with Crippen LogP contribution in [0.2, 0.25) is 5.02 Å². The van der Waals surface area contributed by atoms with Crippen LogP contribution in [0.4, 0.5) is 9.52 Å². The molecule has 4 rings (SSSR count). The van der Waals surface area contributed by atoms with Gasteiger partial charge >= 0.3 is 5.91 Å². The maximum Gasteiger partial charge on any atom is 0.301 e. The number of carbonyl (C=O) groups excluding carboxylic acids is 2. The van der Waals surface area contributed by atoms with E-state index in [0.717, 1.165) is 9.78 Å². The van der Waals surface area contributed by atoms with Gasteiger partial charge in [0.1, 0.15) is 17.6 Å². The van der Waals surface area contributed by atoms with E-state index in [-0.39, 0.29) is 16.3 Å². The number of aliphatic hydroxyl groups is 1. The molecule has 1 saturated heterocycles. The summed E-state index contributed by atoms with van der Waals surface area (Å²) in [6, 6.07) is 10.9. The molecule has 30 heavy (non-hydrogen) atoms. The van der Waals surface area contributed by atoms with Gasteiger partial charge in [-0.15, -0.1) is 11.3 Å². The quantitative estimate of drug-likeness (QED) is 0.344. The Labute approximate surface area is 181 Å². The largest absolute Gasteiger partial charge is 0.507 e. The van der Waals surface area contributed by atoms with E-state index in [4.69, 9.17) is 11.6 Å². The molecule has 8 heteroatoms. The summed E-state index contributed by atoms with van der Waals surface area (Å²) < 4.78 is 14.8. The molecule has 2 aromatic carbocycles. The third-order valence-electron chi connectivity index (χ3n) is 4.99. The number of rotatable bonds is 3. The number of hydrogen-bond donors (Lipinski definition) is 1. The van der Waals surface area contributed by atoms with Crippen LogP contribution in [0.3, 0.4) is 0 Å². The zero-order valence-electron chi connectivity index (χ0n) is 16.0. The first-order chi connectivity index (χ1) is 14.3. The van der Waals surface area contributed by atoms with Crippen LogP contribution in [-0.4, -0.2) is 21.8 Å². The lowest BCUT2D eigenvalue weighted by atomic mass is 9.95. The molecule has 1 aliphatic rings. The summed E-state index contributed by atoms with van der Waals surface area (Å²) >= 11 is 7.14. The van der Waals surface area contributed by atoms with Crippen molar-refractivity contribution in [2.75, 3.05) is 4.90 Å². The van der Waals surface area contributed by atoms with Crippen molar-refractivity contribution in [3.63, 3.8) is 0 Å². The molecule has 1 aromatic heterocycles. The number of benzene rings is 2.